The summed E-state index contributed by atoms with van der Waals surface area (Å²) in [5.74, 6) is 1.38. The summed E-state index contributed by atoms with van der Waals surface area (Å²) < 4.78 is 0. The molecule has 0 bridgehead atoms. The number of anilines is 2. The number of rotatable bonds is 4. The Morgan fingerprint density at radius 3 is 2.67 bits per heavy atom. The lowest BCUT2D eigenvalue weighted by Crippen LogP contribution is -2.33. The molecule has 1 amide bonds. The van der Waals surface area contributed by atoms with Crippen LogP contribution in [0.3, 0.4) is 0 Å². The number of nitrogens with one attached hydrogen (secondary N) is 1. The largest absolute Gasteiger partial charge is 0.357 e. The van der Waals surface area contributed by atoms with Gasteiger partial charge in [-0.15, -0.1) is 0 Å². The van der Waals surface area contributed by atoms with E-state index in [0.29, 0.717) is 5.69 Å². The fourth-order valence-electron chi connectivity index (χ4n) is 3.82. The van der Waals surface area contributed by atoms with Crippen LogP contribution in [0.1, 0.15) is 35.7 Å². The predicted molar refractivity (Wildman–Crippen MR) is 118 cm³/mol. The second kappa shape index (κ2) is 8.10. The number of carbonyl (C=O) groups excluding carboxylic acids is 1. The summed E-state index contributed by atoms with van der Waals surface area (Å²) in [7, 11) is 0. The van der Waals surface area contributed by atoms with Crippen LogP contribution in [0, 0.1) is 23.0 Å². The van der Waals surface area contributed by atoms with E-state index in [2.05, 4.69) is 23.2 Å². The van der Waals surface area contributed by atoms with Gasteiger partial charge >= 0.3 is 0 Å². The molecule has 4 rings (SSSR count). The van der Waals surface area contributed by atoms with Crippen LogP contribution in [0.15, 0.2) is 48.5 Å². The van der Waals surface area contributed by atoms with Gasteiger partial charge in [0.1, 0.15) is 5.82 Å². The van der Waals surface area contributed by atoms with Crippen LogP contribution < -0.4 is 10.2 Å². The first kappa shape index (κ1) is 19.8. The van der Waals surface area contributed by atoms with Gasteiger partial charge in [0.05, 0.1) is 10.4 Å². The SMILES string of the molecule is Cc1cc(N2CCC(C)CC2)nc2ccc(NC(=O)c3cccc([N+](=O)[O-])c3)cc12. The third-order valence-electron chi connectivity index (χ3n) is 5.69. The Hall–Kier alpha value is -3.48. The number of benzene rings is 2. The number of aryl methyl sites for hydroxylation is 1. The van der Waals surface area contributed by atoms with Crippen molar-refractivity contribution in [2.24, 2.45) is 5.92 Å². The lowest BCUT2D eigenvalue weighted by molar-refractivity contribution is -0.384. The number of amides is 1. The summed E-state index contributed by atoms with van der Waals surface area (Å²) in [6.45, 7) is 6.39. The number of pyridine rings is 1. The van der Waals surface area contributed by atoms with Crippen LogP contribution in [-0.2, 0) is 0 Å². The molecule has 7 nitrogen and oxygen atoms in total. The number of hydrogen-bond donors (Lipinski definition) is 1. The van der Waals surface area contributed by atoms with Crippen LogP contribution in [0.5, 0.6) is 0 Å². The van der Waals surface area contributed by atoms with E-state index in [4.69, 9.17) is 4.98 Å². The first-order valence-corrected chi connectivity index (χ1v) is 10.1. The second-order valence-corrected chi connectivity index (χ2v) is 7.96. The molecule has 1 aliphatic heterocycles. The van der Waals surface area contributed by atoms with E-state index in [1.807, 2.05) is 25.1 Å². The smallest absolute Gasteiger partial charge is 0.270 e. The van der Waals surface area contributed by atoms with Crippen molar-refractivity contribution < 1.29 is 9.72 Å². The van der Waals surface area contributed by atoms with Gasteiger partial charge in [-0.1, -0.05) is 13.0 Å². The van der Waals surface area contributed by atoms with Crippen LogP contribution >= 0.6 is 0 Å². The first-order chi connectivity index (χ1) is 14.4. The second-order valence-electron chi connectivity index (χ2n) is 7.96. The summed E-state index contributed by atoms with van der Waals surface area (Å²) >= 11 is 0. The molecular weight excluding hydrogens is 380 g/mol. The third kappa shape index (κ3) is 4.10. The average Bonchev–Trinajstić information content (AvgIpc) is 2.74. The van der Waals surface area contributed by atoms with Crippen molar-refractivity contribution in [1.29, 1.82) is 0 Å². The Labute approximate surface area is 174 Å². The van der Waals surface area contributed by atoms with Gasteiger partial charge in [0.2, 0.25) is 0 Å². The highest BCUT2D eigenvalue weighted by molar-refractivity contribution is 6.05. The van der Waals surface area contributed by atoms with E-state index in [-0.39, 0.29) is 17.2 Å². The molecule has 2 heterocycles. The summed E-state index contributed by atoms with van der Waals surface area (Å²) in [4.78, 5) is 30.1. The van der Waals surface area contributed by atoms with Gasteiger partial charge in [0, 0.05) is 41.9 Å². The van der Waals surface area contributed by atoms with E-state index in [1.165, 1.54) is 31.0 Å². The Kier molecular flexibility index (Phi) is 5.35. The van der Waals surface area contributed by atoms with Crippen LogP contribution in [0.2, 0.25) is 0 Å². The number of nitrogens with zero attached hydrogens (tertiary/aromatic N) is 3. The zero-order valence-electron chi connectivity index (χ0n) is 17.1. The van der Waals surface area contributed by atoms with E-state index >= 15 is 0 Å². The molecule has 2 aromatic carbocycles. The number of hydrogen-bond acceptors (Lipinski definition) is 5. The molecule has 1 aliphatic rings. The highest BCUT2D eigenvalue weighted by Gasteiger charge is 2.18. The average molecular weight is 404 g/mol. The molecule has 3 aromatic rings. The molecule has 1 N–H and O–H groups in total. The molecule has 1 saturated heterocycles. The van der Waals surface area contributed by atoms with Crippen molar-refractivity contribution in [2.75, 3.05) is 23.3 Å². The number of fused-ring (bicyclic) bond motifs is 1. The molecule has 7 heteroatoms. The number of non-ortho nitro benzene ring substituents is 1. The summed E-state index contributed by atoms with van der Waals surface area (Å²) in [6, 6.07) is 13.4. The Morgan fingerprint density at radius 2 is 1.93 bits per heavy atom. The minimum absolute atomic E-state index is 0.110. The third-order valence-corrected chi connectivity index (χ3v) is 5.69. The molecular formula is C23H24N4O3. The molecule has 0 radical (unpaired) electrons. The lowest BCUT2D eigenvalue weighted by atomic mass is 9.99. The quantitative estimate of drug-likeness (QED) is 0.491. The number of nitro benzene ring substituents is 1. The predicted octanol–water partition coefficient (Wildman–Crippen LogP) is 4.94. The van der Waals surface area contributed by atoms with E-state index in [9.17, 15) is 14.9 Å². The van der Waals surface area contributed by atoms with Crippen molar-refractivity contribution >= 4 is 34.0 Å². The summed E-state index contributed by atoms with van der Waals surface area (Å²) in [6.07, 6.45) is 2.36. The summed E-state index contributed by atoms with van der Waals surface area (Å²) in [5.41, 5.74) is 2.75. The Morgan fingerprint density at radius 1 is 1.17 bits per heavy atom. The minimum Gasteiger partial charge on any atom is -0.357 e. The molecule has 0 saturated carbocycles. The zero-order chi connectivity index (χ0) is 21.3. The van der Waals surface area contributed by atoms with Gasteiger partial charge in [-0.25, -0.2) is 4.98 Å². The highest BCUT2D eigenvalue weighted by atomic mass is 16.6. The van der Waals surface area contributed by atoms with Crippen LogP contribution in [0.4, 0.5) is 17.2 Å². The first-order valence-electron chi connectivity index (χ1n) is 10.1. The monoisotopic (exact) mass is 404 g/mol. The minimum atomic E-state index is -0.511. The Balaban J connectivity index is 1.57. The lowest BCUT2D eigenvalue weighted by Gasteiger charge is -2.31. The zero-order valence-corrected chi connectivity index (χ0v) is 17.1. The number of piperidine rings is 1. The molecule has 154 valence electrons. The van der Waals surface area contributed by atoms with Gasteiger partial charge in [0.15, 0.2) is 0 Å². The molecule has 0 spiro atoms. The van der Waals surface area contributed by atoms with Crippen molar-refractivity contribution in [3.8, 4) is 0 Å². The van der Waals surface area contributed by atoms with E-state index in [1.54, 1.807) is 6.07 Å². The van der Waals surface area contributed by atoms with Gasteiger partial charge in [0.25, 0.3) is 11.6 Å². The molecule has 1 fully saturated rings. The maximum Gasteiger partial charge on any atom is 0.270 e. The Bertz CT molecular complexity index is 1120. The van der Waals surface area contributed by atoms with E-state index < -0.39 is 4.92 Å². The number of carbonyl (C=O) groups is 1. The van der Waals surface area contributed by atoms with Crippen molar-refractivity contribution in [1.82, 2.24) is 4.98 Å². The van der Waals surface area contributed by atoms with Gasteiger partial charge in [-0.2, -0.15) is 0 Å². The van der Waals surface area contributed by atoms with Crippen molar-refractivity contribution in [3.63, 3.8) is 0 Å². The van der Waals surface area contributed by atoms with Crippen LogP contribution in [0.25, 0.3) is 10.9 Å². The molecule has 1 aromatic heterocycles. The van der Waals surface area contributed by atoms with Crippen molar-refractivity contribution in [2.45, 2.75) is 26.7 Å². The molecule has 0 unspecified atom stereocenters. The normalized spacial score (nSPS) is 14.7. The molecule has 0 atom stereocenters. The standard InChI is InChI=1S/C23H24N4O3/c1-15-8-10-26(11-9-15)22-12-16(2)20-14-18(6-7-21(20)25-22)24-23(28)17-4-3-5-19(13-17)27(29)30/h3-7,12-15H,8-11H2,1-2H3,(H,24,28). The molecule has 30 heavy (non-hydrogen) atoms. The molecule has 0 aliphatic carbocycles. The fourth-order valence-corrected chi connectivity index (χ4v) is 3.82. The maximum atomic E-state index is 12.5. The topological polar surface area (TPSA) is 88.4 Å². The van der Waals surface area contributed by atoms with E-state index in [0.717, 1.165) is 41.3 Å². The van der Waals surface area contributed by atoms with Crippen molar-refractivity contribution in [3.05, 3.63) is 69.8 Å². The maximum absolute atomic E-state index is 12.5. The highest BCUT2D eigenvalue weighted by Crippen LogP contribution is 2.28. The van der Waals surface area contributed by atoms with Crippen LogP contribution in [-0.4, -0.2) is 28.9 Å². The van der Waals surface area contributed by atoms with Gasteiger partial charge in [-0.05, 0) is 61.6 Å². The summed E-state index contributed by atoms with van der Waals surface area (Å²) in [5, 5.41) is 14.7. The van der Waals surface area contributed by atoms with Gasteiger partial charge < -0.3 is 10.2 Å². The number of aromatic nitrogens is 1. The number of nitro groups is 1. The van der Waals surface area contributed by atoms with Gasteiger partial charge in [-0.3, -0.25) is 14.9 Å². The fraction of sp³-hybridized carbons (Fsp3) is 0.304.